The molecule has 2 atom stereocenters. The van der Waals surface area contributed by atoms with Gasteiger partial charge in [-0.2, -0.15) is 0 Å². The van der Waals surface area contributed by atoms with Gasteiger partial charge in [0.25, 0.3) is 0 Å². The lowest BCUT2D eigenvalue weighted by Crippen LogP contribution is -2.39. The number of rotatable bonds is 6. The fraction of sp³-hybridized carbons (Fsp3) is 0.667. The second kappa shape index (κ2) is 7.90. The molecule has 2 rings (SSSR count). The maximum atomic E-state index is 13.8. The Kier molecular flexibility index (Phi) is 6.19. The van der Waals surface area contributed by atoms with Gasteiger partial charge >= 0.3 is 0 Å². The number of hydrogen-bond donors (Lipinski definition) is 1. The molecule has 21 heavy (non-hydrogen) atoms. The molecule has 0 amide bonds. The first-order valence-electron chi connectivity index (χ1n) is 8.32. The van der Waals surface area contributed by atoms with Gasteiger partial charge in [0.05, 0.1) is 0 Å². The predicted molar refractivity (Wildman–Crippen MR) is 87.0 cm³/mol. The number of hydrogen-bond acceptors (Lipinski definition) is 2. The van der Waals surface area contributed by atoms with Crippen LogP contribution >= 0.6 is 0 Å². The number of benzene rings is 1. The van der Waals surface area contributed by atoms with Gasteiger partial charge in [0.2, 0.25) is 0 Å². The van der Waals surface area contributed by atoms with Gasteiger partial charge in [0.1, 0.15) is 5.82 Å². The molecule has 1 aliphatic heterocycles. The minimum absolute atomic E-state index is 0.0878. The van der Waals surface area contributed by atoms with E-state index in [0.29, 0.717) is 0 Å². The molecule has 0 saturated carbocycles. The van der Waals surface area contributed by atoms with Crippen LogP contribution in [-0.2, 0) is 0 Å². The predicted octanol–water partition coefficient (Wildman–Crippen LogP) is 3.91. The van der Waals surface area contributed by atoms with Gasteiger partial charge in [0, 0.05) is 12.6 Å². The molecular formula is C18H29FN2. The molecule has 1 saturated heterocycles. The average molecular weight is 292 g/mol. The normalized spacial score (nSPS) is 20.7. The van der Waals surface area contributed by atoms with Crippen molar-refractivity contribution in [3.8, 4) is 0 Å². The summed E-state index contributed by atoms with van der Waals surface area (Å²) >= 11 is 0. The van der Waals surface area contributed by atoms with Crippen molar-refractivity contribution in [2.24, 2.45) is 5.92 Å². The maximum absolute atomic E-state index is 13.8. The van der Waals surface area contributed by atoms with E-state index < -0.39 is 0 Å². The van der Waals surface area contributed by atoms with Crippen molar-refractivity contribution in [3.63, 3.8) is 0 Å². The summed E-state index contributed by atoms with van der Waals surface area (Å²) in [5, 5.41) is 3.49. The fourth-order valence-corrected chi connectivity index (χ4v) is 3.22. The van der Waals surface area contributed by atoms with Gasteiger partial charge in [-0.15, -0.1) is 0 Å². The zero-order valence-corrected chi connectivity index (χ0v) is 13.7. The highest BCUT2D eigenvalue weighted by atomic mass is 19.1. The Morgan fingerprint density at radius 3 is 2.86 bits per heavy atom. The number of halogens is 1. The van der Waals surface area contributed by atoms with Crippen LogP contribution in [0, 0.1) is 18.7 Å². The Morgan fingerprint density at radius 1 is 1.43 bits per heavy atom. The van der Waals surface area contributed by atoms with Gasteiger partial charge in [-0.3, -0.25) is 4.90 Å². The van der Waals surface area contributed by atoms with E-state index in [1.807, 2.05) is 13.0 Å². The third-order valence-electron chi connectivity index (χ3n) is 4.63. The van der Waals surface area contributed by atoms with Crippen LogP contribution in [0.25, 0.3) is 0 Å². The van der Waals surface area contributed by atoms with E-state index in [-0.39, 0.29) is 11.9 Å². The minimum Gasteiger partial charge on any atom is -0.316 e. The van der Waals surface area contributed by atoms with Gasteiger partial charge in [-0.1, -0.05) is 19.1 Å². The summed E-state index contributed by atoms with van der Waals surface area (Å²) in [7, 11) is 0. The largest absolute Gasteiger partial charge is 0.316 e. The molecule has 0 radical (unpaired) electrons. The van der Waals surface area contributed by atoms with E-state index in [1.165, 1.54) is 12.8 Å². The molecule has 2 unspecified atom stereocenters. The molecule has 1 aliphatic rings. The number of nitrogens with one attached hydrogen (secondary N) is 1. The molecule has 1 fully saturated rings. The summed E-state index contributed by atoms with van der Waals surface area (Å²) in [4.78, 5) is 2.52. The summed E-state index contributed by atoms with van der Waals surface area (Å²) in [6.07, 6.45) is 3.72. The third kappa shape index (κ3) is 4.52. The maximum Gasteiger partial charge on any atom is 0.126 e. The molecule has 1 aromatic carbocycles. The molecule has 1 aromatic rings. The topological polar surface area (TPSA) is 15.3 Å². The van der Waals surface area contributed by atoms with Crippen LogP contribution in [0.4, 0.5) is 4.39 Å². The number of aryl methyl sites for hydroxylation is 1. The van der Waals surface area contributed by atoms with Crippen LogP contribution in [0.15, 0.2) is 18.2 Å². The zero-order chi connectivity index (χ0) is 15.2. The van der Waals surface area contributed by atoms with E-state index in [1.54, 1.807) is 6.07 Å². The summed E-state index contributed by atoms with van der Waals surface area (Å²) in [6.45, 7) is 10.7. The van der Waals surface area contributed by atoms with Gasteiger partial charge in [-0.25, -0.2) is 4.39 Å². The summed E-state index contributed by atoms with van der Waals surface area (Å²) in [5.74, 6) is 0.637. The Morgan fingerprint density at radius 2 is 2.24 bits per heavy atom. The molecule has 0 bridgehead atoms. The summed E-state index contributed by atoms with van der Waals surface area (Å²) in [6, 6.07) is 5.96. The Balaban J connectivity index is 2.06. The highest BCUT2D eigenvalue weighted by molar-refractivity contribution is 5.25. The summed E-state index contributed by atoms with van der Waals surface area (Å²) in [5.41, 5.74) is 1.82. The molecule has 2 nitrogen and oxygen atoms in total. The number of piperidine rings is 1. The van der Waals surface area contributed by atoms with Crippen molar-refractivity contribution in [1.82, 2.24) is 10.2 Å². The van der Waals surface area contributed by atoms with Gasteiger partial charge in [0.15, 0.2) is 0 Å². The standard InChI is InChI=1S/C18H29FN2/c1-4-10-21(13-16-6-5-9-20-12-16)15(3)17-8-7-14(2)18(19)11-17/h7-8,11,15-16,20H,4-6,9-10,12-13H2,1-3H3. The van der Waals surface area contributed by atoms with E-state index in [2.05, 4.69) is 30.1 Å². The Bertz CT molecular complexity index is 441. The third-order valence-corrected chi connectivity index (χ3v) is 4.63. The van der Waals surface area contributed by atoms with E-state index in [4.69, 9.17) is 0 Å². The fourth-order valence-electron chi connectivity index (χ4n) is 3.22. The highest BCUT2D eigenvalue weighted by Gasteiger charge is 2.21. The molecule has 118 valence electrons. The summed E-state index contributed by atoms with van der Waals surface area (Å²) < 4.78 is 13.8. The van der Waals surface area contributed by atoms with E-state index in [9.17, 15) is 4.39 Å². The first kappa shape index (κ1) is 16.4. The first-order chi connectivity index (χ1) is 10.1. The lowest BCUT2D eigenvalue weighted by atomic mass is 9.97. The lowest BCUT2D eigenvalue weighted by molar-refractivity contribution is 0.163. The van der Waals surface area contributed by atoms with E-state index in [0.717, 1.165) is 49.6 Å². The van der Waals surface area contributed by atoms with Gasteiger partial charge in [-0.05, 0) is 75.9 Å². The molecular weight excluding hydrogens is 263 g/mol. The zero-order valence-electron chi connectivity index (χ0n) is 13.7. The van der Waals surface area contributed by atoms with Crippen LogP contribution in [0.1, 0.15) is 50.3 Å². The molecule has 0 aromatic heterocycles. The second-order valence-electron chi connectivity index (χ2n) is 6.39. The van der Waals surface area contributed by atoms with Crippen molar-refractivity contribution in [3.05, 3.63) is 35.1 Å². The molecule has 1 N–H and O–H groups in total. The Hall–Kier alpha value is -0.930. The minimum atomic E-state index is -0.0878. The lowest BCUT2D eigenvalue weighted by Gasteiger charge is -2.34. The van der Waals surface area contributed by atoms with Crippen molar-refractivity contribution in [2.75, 3.05) is 26.2 Å². The van der Waals surface area contributed by atoms with E-state index >= 15 is 0 Å². The SMILES string of the molecule is CCCN(CC1CCCNC1)C(C)c1ccc(C)c(F)c1. The van der Waals surface area contributed by atoms with Gasteiger partial charge < -0.3 is 5.32 Å². The average Bonchev–Trinajstić information content (AvgIpc) is 2.50. The molecule has 1 heterocycles. The smallest absolute Gasteiger partial charge is 0.126 e. The quantitative estimate of drug-likeness (QED) is 0.855. The molecule has 3 heteroatoms. The van der Waals surface area contributed by atoms with Crippen molar-refractivity contribution < 1.29 is 4.39 Å². The Labute approximate surface area is 128 Å². The van der Waals surface area contributed by atoms with Crippen molar-refractivity contribution >= 4 is 0 Å². The van der Waals surface area contributed by atoms with Crippen LogP contribution in [0.5, 0.6) is 0 Å². The number of nitrogens with zero attached hydrogens (tertiary/aromatic N) is 1. The van der Waals surface area contributed by atoms with Crippen molar-refractivity contribution in [1.29, 1.82) is 0 Å². The second-order valence-corrected chi connectivity index (χ2v) is 6.39. The first-order valence-corrected chi connectivity index (χ1v) is 8.32. The molecule has 0 aliphatic carbocycles. The molecule has 0 spiro atoms. The highest BCUT2D eigenvalue weighted by Crippen LogP contribution is 2.24. The monoisotopic (exact) mass is 292 g/mol. The van der Waals surface area contributed by atoms with Crippen LogP contribution in [0.3, 0.4) is 0 Å². The van der Waals surface area contributed by atoms with Crippen LogP contribution in [-0.4, -0.2) is 31.1 Å². The van der Waals surface area contributed by atoms with Crippen LogP contribution < -0.4 is 5.32 Å². The van der Waals surface area contributed by atoms with Crippen LogP contribution in [0.2, 0.25) is 0 Å². The van der Waals surface area contributed by atoms with Crippen molar-refractivity contribution in [2.45, 2.75) is 46.1 Å².